The summed E-state index contributed by atoms with van der Waals surface area (Å²) in [6.07, 6.45) is -3.99. The van der Waals surface area contributed by atoms with Gasteiger partial charge in [-0.3, -0.25) is 4.90 Å². The first-order valence-corrected chi connectivity index (χ1v) is 7.75. The molecule has 2 amide bonds. The van der Waals surface area contributed by atoms with E-state index in [9.17, 15) is 22.8 Å². The van der Waals surface area contributed by atoms with Gasteiger partial charge in [-0.05, 0) is 25.0 Å². The lowest BCUT2D eigenvalue weighted by atomic mass is 9.91. The number of carbonyl (C=O) groups is 2. The van der Waals surface area contributed by atoms with Crippen molar-refractivity contribution in [2.24, 2.45) is 0 Å². The molecule has 25 heavy (non-hydrogen) atoms. The van der Waals surface area contributed by atoms with Gasteiger partial charge in [0, 0.05) is 12.2 Å². The monoisotopic (exact) mass is 356 g/mol. The second-order valence-corrected chi connectivity index (χ2v) is 5.61. The summed E-state index contributed by atoms with van der Waals surface area (Å²) in [5.41, 5.74) is -0.815. The fourth-order valence-corrected chi connectivity index (χ4v) is 2.89. The molecule has 0 fully saturated rings. The number of halogens is 3. The molecule has 1 atom stereocenters. The number of hydrogen-bond acceptors (Lipinski definition) is 3. The first-order chi connectivity index (χ1) is 11.7. The second-order valence-electron chi connectivity index (χ2n) is 5.61. The van der Waals surface area contributed by atoms with Gasteiger partial charge in [0.15, 0.2) is 0 Å². The molecule has 0 saturated heterocycles. The van der Waals surface area contributed by atoms with E-state index in [4.69, 9.17) is 4.74 Å². The molecule has 1 heterocycles. The third-order valence-corrected chi connectivity index (χ3v) is 4.03. The molecule has 1 aliphatic heterocycles. The molecule has 0 bridgehead atoms. The lowest BCUT2D eigenvalue weighted by Gasteiger charge is -2.35. The van der Waals surface area contributed by atoms with Crippen molar-refractivity contribution in [3.63, 3.8) is 0 Å². The number of carbonyl (C=O) groups excluding carboxylic acids is 2. The van der Waals surface area contributed by atoms with Gasteiger partial charge in [-0.25, -0.2) is 9.59 Å². The molecule has 5 nitrogen and oxygen atoms in total. The summed E-state index contributed by atoms with van der Waals surface area (Å²) >= 11 is 0. The Hall–Kier alpha value is -2.51. The molecular weight excluding hydrogens is 337 g/mol. The van der Waals surface area contributed by atoms with E-state index >= 15 is 0 Å². The molecule has 2 rings (SSSR count). The van der Waals surface area contributed by atoms with Crippen molar-refractivity contribution in [1.82, 2.24) is 10.2 Å². The number of allylic oxidation sites excluding steroid dienone is 1. The van der Waals surface area contributed by atoms with Gasteiger partial charge in [0.25, 0.3) is 0 Å². The number of hydrogen-bond donors (Lipinski definition) is 1. The van der Waals surface area contributed by atoms with Crippen molar-refractivity contribution in [2.75, 3.05) is 13.7 Å². The molecule has 1 aromatic rings. The standard InChI is InChI=1S/C17H19F3N2O3/c1-4-9-22-10(2)13(15(23)25-3)14(21-16(22)24)11-7-5-6-8-12(11)17(18,19)20/h5-8,14H,4,9H2,1-3H3,(H,21,24). The lowest BCUT2D eigenvalue weighted by molar-refractivity contribution is -0.140. The minimum Gasteiger partial charge on any atom is -0.466 e. The number of urea groups is 1. The predicted octanol–water partition coefficient (Wildman–Crippen LogP) is 3.63. The van der Waals surface area contributed by atoms with Gasteiger partial charge in [0.1, 0.15) is 0 Å². The molecule has 0 saturated carbocycles. The van der Waals surface area contributed by atoms with Crippen LogP contribution < -0.4 is 5.32 Å². The van der Waals surface area contributed by atoms with Gasteiger partial charge in [0.2, 0.25) is 0 Å². The second kappa shape index (κ2) is 7.16. The number of rotatable bonds is 4. The van der Waals surface area contributed by atoms with Crippen LogP contribution in [0, 0.1) is 0 Å². The summed E-state index contributed by atoms with van der Waals surface area (Å²) in [4.78, 5) is 25.9. The Balaban J connectivity index is 2.65. The quantitative estimate of drug-likeness (QED) is 0.838. The Morgan fingerprint density at radius 2 is 1.96 bits per heavy atom. The molecular formula is C17H19F3N2O3. The zero-order valence-electron chi connectivity index (χ0n) is 14.1. The maximum Gasteiger partial charge on any atom is 0.416 e. The average Bonchev–Trinajstić information content (AvgIpc) is 2.56. The van der Waals surface area contributed by atoms with Gasteiger partial charge in [-0.1, -0.05) is 25.1 Å². The van der Waals surface area contributed by atoms with Crippen LogP contribution in [-0.4, -0.2) is 30.6 Å². The first kappa shape index (κ1) is 18.8. The van der Waals surface area contributed by atoms with Crippen LogP contribution in [0.5, 0.6) is 0 Å². The highest BCUT2D eigenvalue weighted by molar-refractivity contribution is 5.95. The zero-order valence-corrected chi connectivity index (χ0v) is 14.1. The first-order valence-electron chi connectivity index (χ1n) is 7.75. The maximum absolute atomic E-state index is 13.3. The van der Waals surface area contributed by atoms with Crippen LogP contribution in [0.4, 0.5) is 18.0 Å². The van der Waals surface area contributed by atoms with Crippen molar-refractivity contribution in [1.29, 1.82) is 0 Å². The van der Waals surface area contributed by atoms with E-state index in [0.29, 0.717) is 18.7 Å². The summed E-state index contributed by atoms with van der Waals surface area (Å²) in [7, 11) is 1.15. The van der Waals surface area contributed by atoms with Crippen molar-refractivity contribution < 1.29 is 27.5 Å². The van der Waals surface area contributed by atoms with Crippen molar-refractivity contribution in [2.45, 2.75) is 32.5 Å². The van der Waals surface area contributed by atoms with Crippen LogP contribution in [-0.2, 0) is 15.7 Å². The van der Waals surface area contributed by atoms with E-state index in [2.05, 4.69) is 5.32 Å². The molecule has 8 heteroatoms. The Bertz CT molecular complexity index is 713. The highest BCUT2D eigenvalue weighted by Crippen LogP contribution is 2.39. The van der Waals surface area contributed by atoms with Crippen molar-refractivity contribution >= 4 is 12.0 Å². The van der Waals surface area contributed by atoms with Crippen LogP contribution in [0.15, 0.2) is 35.5 Å². The zero-order chi connectivity index (χ0) is 18.8. The number of nitrogens with one attached hydrogen (secondary N) is 1. The molecule has 0 aliphatic carbocycles. The normalized spacial score (nSPS) is 18.2. The highest BCUT2D eigenvalue weighted by Gasteiger charge is 2.41. The van der Waals surface area contributed by atoms with E-state index in [0.717, 1.165) is 13.2 Å². The summed E-state index contributed by atoms with van der Waals surface area (Å²) < 4.78 is 44.8. The van der Waals surface area contributed by atoms with Gasteiger partial charge >= 0.3 is 18.2 Å². The van der Waals surface area contributed by atoms with E-state index in [-0.39, 0.29) is 11.1 Å². The Labute approximate surface area is 143 Å². The van der Waals surface area contributed by atoms with Gasteiger partial charge in [-0.15, -0.1) is 0 Å². The van der Waals surface area contributed by atoms with E-state index in [1.165, 1.54) is 30.0 Å². The number of nitrogens with zero attached hydrogens (tertiary/aromatic N) is 1. The van der Waals surface area contributed by atoms with Gasteiger partial charge in [-0.2, -0.15) is 13.2 Å². The van der Waals surface area contributed by atoms with Crippen LogP contribution >= 0.6 is 0 Å². The van der Waals surface area contributed by atoms with Crippen LogP contribution in [0.2, 0.25) is 0 Å². The molecule has 0 spiro atoms. The fourth-order valence-electron chi connectivity index (χ4n) is 2.89. The molecule has 0 radical (unpaired) electrons. The maximum atomic E-state index is 13.3. The Morgan fingerprint density at radius 1 is 1.32 bits per heavy atom. The number of benzene rings is 1. The summed E-state index contributed by atoms with van der Waals surface area (Å²) in [5, 5.41) is 2.50. The minimum absolute atomic E-state index is 0.00718. The summed E-state index contributed by atoms with van der Waals surface area (Å²) in [6.45, 7) is 3.72. The number of methoxy groups -OCH3 is 1. The summed E-state index contributed by atoms with van der Waals surface area (Å²) in [6, 6.07) is 3.08. The smallest absolute Gasteiger partial charge is 0.416 e. The van der Waals surface area contributed by atoms with E-state index in [1.807, 2.05) is 6.92 Å². The third-order valence-electron chi connectivity index (χ3n) is 4.03. The number of esters is 1. The molecule has 1 aliphatic rings. The fraction of sp³-hybridized carbons (Fsp3) is 0.412. The lowest BCUT2D eigenvalue weighted by Crippen LogP contribution is -2.48. The molecule has 136 valence electrons. The number of amides is 2. The van der Waals surface area contributed by atoms with Crippen molar-refractivity contribution in [3.8, 4) is 0 Å². The third kappa shape index (κ3) is 3.62. The van der Waals surface area contributed by atoms with E-state index < -0.39 is 29.8 Å². The molecule has 1 N–H and O–H groups in total. The van der Waals surface area contributed by atoms with Gasteiger partial charge < -0.3 is 10.1 Å². The molecule has 0 aromatic heterocycles. The van der Waals surface area contributed by atoms with Crippen LogP contribution in [0.25, 0.3) is 0 Å². The number of ether oxygens (including phenoxy) is 1. The van der Waals surface area contributed by atoms with Gasteiger partial charge in [0.05, 0.1) is 24.3 Å². The van der Waals surface area contributed by atoms with E-state index in [1.54, 1.807) is 0 Å². The van der Waals surface area contributed by atoms with Crippen molar-refractivity contribution in [3.05, 3.63) is 46.7 Å². The minimum atomic E-state index is -4.61. The largest absolute Gasteiger partial charge is 0.466 e. The molecule has 1 aromatic carbocycles. The Kier molecular flexibility index (Phi) is 5.39. The predicted molar refractivity (Wildman–Crippen MR) is 84.4 cm³/mol. The SMILES string of the molecule is CCCN1C(=O)NC(c2ccccc2C(F)(F)F)C(C(=O)OC)=C1C. The highest BCUT2D eigenvalue weighted by atomic mass is 19.4. The van der Waals surface area contributed by atoms with Crippen LogP contribution in [0.1, 0.15) is 37.4 Å². The topological polar surface area (TPSA) is 58.6 Å². The number of alkyl halides is 3. The Morgan fingerprint density at radius 3 is 2.52 bits per heavy atom. The summed E-state index contributed by atoms with van der Waals surface area (Å²) in [5.74, 6) is -0.777. The van der Waals surface area contributed by atoms with Crippen LogP contribution in [0.3, 0.4) is 0 Å². The average molecular weight is 356 g/mol. The molecule has 1 unspecified atom stereocenters.